The van der Waals surface area contributed by atoms with E-state index >= 15 is 0 Å². The Bertz CT molecular complexity index is 306. The summed E-state index contributed by atoms with van der Waals surface area (Å²) in [5, 5.41) is 4.10. The standard InChI is InChI=1S/C20H39N/c1-19(2,3)15-20(4,5)21-18-14-10-9-13-17(18)16-11-7-6-8-12-16/h16-18,21H,6-15H2,1-5H3. The van der Waals surface area contributed by atoms with E-state index in [4.69, 9.17) is 0 Å². The van der Waals surface area contributed by atoms with E-state index in [2.05, 4.69) is 39.9 Å². The second-order valence-electron chi connectivity index (χ2n) is 9.72. The molecule has 124 valence electrons. The van der Waals surface area contributed by atoms with Gasteiger partial charge in [-0.2, -0.15) is 0 Å². The minimum Gasteiger partial charge on any atom is -0.309 e. The van der Waals surface area contributed by atoms with Crippen LogP contribution in [0.25, 0.3) is 0 Å². The van der Waals surface area contributed by atoms with Crippen LogP contribution in [0.1, 0.15) is 98.8 Å². The van der Waals surface area contributed by atoms with E-state index in [1.807, 2.05) is 0 Å². The van der Waals surface area contributed by atoms with E-state index in [0.717, 1.165) is 17.9 Å². The van der Waals surface area contributed by atoms with Crippen molar-refractivity contribution in [2.75, 3.05) is 0 Å². The number of nitrogens with one attached hydrogen (secondary N) is 1. The second-order valence-corrected chi connectivity index (χ2v) is 9.72. The molecule has 2 atom stereocenters. The third-order valence-corrected chi connectivity index (χ3v) is 5.62. The maximum absolute atomic E-state index is 4.10. The minimum absolute atomic E-state index is 0.271. The number of hydrogen-bond acceptors (Lipinski definition) is 1. The Morgan fingerprint density at radius 1 is 0.762 bits per heavy atom. The molecule has 2 saturated carbocycles. The second kappa shape index (κ2) is 7.02. The largest absolute Gasteiger partial charge is 0.309 e. The van der Waals surface area contributed by atoms with Crippen LogP contribution in [0.15, 0.2) is 0 Å². The van der Waals surface area contributed by atoms with Crippen molar-refractivity contribution in [2.45, 2.75) is 110 Å². The van der Waals surface area contributed by atoms with Crippen LogP contribution in [0, 0.1) is 17.3 Å². The number of rotatable bonds is 4. The van der Waals surface area contributed by atoms with Gasteiger partial charge >= 0.3 is 0 Å². The Labute approximate surface area is 133 Å². The highest BCUT2D eigenvalue weighted by atomic mass is 15.0. The molecule has 0 saturated heterocycles. The van der Waals surface area contributed by atoms with Crippen molar-refractivity contribution >= 4 is 0 Å². The molecule has 0 spiro atoms. The highest BCUT2D eigenvalue weighted by Gasteiger charge is 2.36. The lowest BCUT2D eigenvalue weighted by Gasteiger charge is -2.44. The lowest BCUT2D eigenvalue weighted by atomic mass is 9.70. The van der Waals surface area contributed by atoms with Crippen LogP contribution in [-0.4, -0.2) is 11.6 Å². The molecule has 0 aromatic rings. The summed E-state index contributed by atoms with van der Waals surface area (Å²) in [5.74, 6) is 1.97. The SMILES string of the molecule is CC(C)(C)CC(C)(C)NC1CCCCC1C1CCCCC1. The van der Waals surface area contributed by atoms with Crippen molar-refractivity contribution in [3.05, 3.63) is 0 Å². The summed E-state index contributed by atoms with van der Waals surface area (Å²) in [6.45, 7) is 12.0. The predicted molar refractivity (Wildman–Crippen MR) is 93.6 cm³/mol. The lowest BCUT2D eigenvalue weighted by molar-refractivity contribution is 0.114. The predicted octanol–water partition coefficient (Wildman–Crippen LogP) is 5.93. The highest BCUT2D eigenvalue weighted by molar-refractivity contribution is 4.93. The monoisotopic (exact) mass is 293 g/mol. The van der Waals surface area contributed by atoms with Gasteiger partial charge in [0.25, 0.3) is 0 Å². The molecule has 1 nitrogen and oxygen atoms in total. The van der Waals surface area contributed by atoms with Gasteiger partial charge in [-0.3, -0.25) is 0 Å². The van der Waals surface area contributed by atoms with Gasteiger partial charge in [-0.25, -0.2) is 0 Å². The Morgan fingerprint density at radius 2 is 1.33 bits per heavy atom. The molecule has 2 fully saturated rings. The van der Waals surface area contributed by atoms with Gasteiger partial charge in [0.15, 0.2) is 0 Å². The van der Waals surface area contributed by atoms with Crippen LogP contribution in [0.2, 0.25) is 0 Å². The maximum atomic E-state index is 4.10. The Morgan fingerprint density at radius 3 is 1.95 bits per heavy atom. The molecule has 0 bridgehead atoms. The molecule has 0 aromatic heterocycles. The minimum atomic E-state index is 0.271. The lowest BCUT2D eigenvalue weighted by Crippen LogP contribution is -2.53. The molecule has 2 rings (SSSR count). The maximum Gasteiger partial charge on any atom is 0.0132 e. The summed E-state index contributed by atoms with van der Waals surface area (Å²) in [7, 11) is 0. The fourth-order valence-corrected chi connectivity index (χ4v) is 5.34. The summed E-state index contributed by atoms with van der Waals surface area (Å²) < 4.78 is 0. The first kappa shape index (κ1) is 17.3. The van der Waals surface area contributed by atoms with Crippen LogP contribution in [-0.2, 0) is 0 Å². The van der Waals surface area contributed by atoms with Gasteiger partial charge in [-0.15, -0.1) is 0 Å². The van der Waals surface area contributed by atoms with E-state index in [1.165, 1.54) is 64.2 Å². The van der Waals surface area contributed by atoms with Crippen molar-refractivity contribution in [1.29, 1.82) is 0 Å². The zero-order valence-corrected chi connectivity index (χ0v) is 15.3. The molecule has 0 amide bonds. The van der Waals surface area contributed by atoms with Crippen molar-refractivity contribution in [1.82, 2.24) is 5.32 Å². The normalized spacial score (nSPS) is 29.6. The van der Waals surface area contributed by atoms with Gasteiger partial charge in [-0.1, -0.05) is 65.7 Å². The van der Waals surface area contributed by atoms with Crippen LogP contribution < -0.4 is 5.32 Å². The molecule has 1 heteroatoms. The third-order valence-electron chi connectivity index (χ3n) is 5.62. The molecule has 21 heavy (non-hydrogen) atoms. The van der Waals surface area contributed by atoms with Gasteiger partial charge in [0.1, 0.15) is 0 Å². The van der Waals surface area contributed by atoms with Crippen LogP contribution >= 0.6 is 0 Å². The first-order valence-electron chi connectivity index (χ1n) is 9.55. The van der Waals surface area contributed by atoms with Crippen LogP contribution in [0.5, 0.6) is 0 Å². The highest BCUT2D eigenvalue weighted by Crippen LogP contribution is 2.39. The summed E-state index contributed by atoms with van der Waals surface area (Å²) in [5.41, 5.74) is 0.679. The van der Waals surface area contributed by atoms with Gasteiger partial charge in [0, 0.05) is 11.6 Å². The van der Waals surface area contributed by atoms with Gasteiger partial charge in [-0.05, 0) is 50.4 Å². The van der Waals surface area contributed by atoms with E-state index in [0.29, 0.717) is 5.41 Å². The smallest absolute Gasteiger partial charge is 0.0132 e. The molecular weight excluding hydrogens is 254 g/mol. The summed E-state index contributed by atoms with van der Waals surface area (Å²) in [6, 6.07) is 0.777. The first-order chi connectivity index (χ1) is 9.77. The van der Waals surface area contributed by atoms with E-state index in [-0.39, 0.29) is 5.54 Å². The molecule has 0 heterocycles. The molecule has 0 aromatic carbocycles. The quantitative estimate of drug-likeness (QED) is 0.677. The Hall–Kier alpha value is -0.0400. The Kier molecular flexibility index (Phi) is 5.79. The van der Waals surface area contributed by atoms with Gasteiger partial charge < -0.3 is 5.32 Å². The molecule has 2 aliphatic carbocycles. The van der Waals surface area contributed by atoms with Crippen molar-refractivity contribution in [3.63, 3.8) is 0 Å². The molecular formula is C20H39N. The average molecular weight is 294 g/mol. The summed E-state index contributed by atoms with van der Waals surface area (Å²) >= 11 is 0. The molecule has 2 unspecified atom stereocenters. The number of hydrogen-bond donors (Lipinski definition) is 1. The Balaban J connectivity index is 1.97. The molecule has 2 aliphatic rings. The van der Waals surface area contributed by atoms with Gasteiger partial charge in [0.05, 0.1) is 0 Å². The summed E-state index contributed by atoms with van der Waals surface area (Å²) in [6.07, 6.45) is 14.5. The zero-order chi connectivity index (χ0) is 15.5. The molecule has 1 N–H and O–H groups in total. The van der Waals surface area contributed by atoms with E-state index in [9.17, 15) is 0 Å². The van der Waals surface area contributed by atoms with E-state index < -0.39 is 0 Å². The van der Waals surface area contributed by atoms with Gasteiger partial charge in [0.2, 0.25) is 0 Å². The van der Waals surface area contributed by atoms with E-state index in [1.54, 1.807) is 0 Å². The molecule has 0 radical (unpaired) electrons. The average Bonchev–Trinajstić information content (AvgIpc) is 2.37. The van der Waals surface area contributed by atoms with Crippen molar-refractivity contribution in [2.24, 2.45) is 17.3 Å². The first-order valence-corrected chi connectivity index (χ1v) is 9.55. The molecule has 0 aliphatic heterocycles. The fourth-order valence-electron chi connectivity index (χ4n) is 5.34. The van der Waals surface area contributed by atoms with Crippen molar-refractivity contribution < 1.29 is 0 Å². The van der Waals surface area contributed by atoms with Crippen molar-refractivity contribution in [3.8, 4) is 0 Å². The zero-order valence-electron chi connectivity index (χ0n) is 15.3. The third kappa shape index (κ3) is 5.58. The topological polar surface area (TPSA) is 12.0 Å². The summed E-state index contributed by atoms with van der Waals surface area (Å²) in [4.78, 5) is 0. The van der Waals surface area contributed by atoms with Crippen LogP contribution in [0.4, 0.5) is 0 Å². The fraction of sp³-hybridized carbons (Fsp3) is 1.00. The van der Waals surface area contributed by atoms with Crippen LogP contribution in [0.3, 0.4) is 0 Å².